The molecule has 35 heavy (non-hydrogen) atoms. The van der Waals surface area contributed by atoms with Gasteiger partial charge in [-0.2, -0.15) is 5.26 Å². The summed E-state index contributed by atoms with van der Waals surface area (Å²) < 4.78 is 0. The number of rotatable bonds is 5. The number of hydrogen-bond acceptors (Lipinski definition) is 7. The van der Waals surface area contributed by atoms with Gasteiger partial charge in [0.2, 0.25) is 5.91 Å². The number of aromatic nitrogens is 1. The monoisotopic (exact) mass is 468 g/mol. The molecule has 5 rings (SSSR count). The number of amides is 1. The first kappa shape index (κ1) is 22.3. The second-order valence-corrected chi connectivity index (χ2v) is 8.80. The number of nitrogens with one attached hydrogen (secondary N) is 1. The van der Waals surface area contributed by atoms with E-state index in [1.807, 2.05) is 30.3 Å². The Labute approximate surface area is 202 Å². The van der Waals surface area contributed by atoms with Crippen LogP contribution in [0.2, 0.25) is 0 Å². The van der Waals surface area contributed by atoms with E-state index in [0.29, 0.717) is 38.2 Å². The summed E-state index contributed by atoms with van der Waals surface area (Å²) in [5.41, 5.74) is 4.13. The zero-order valence-corrected chi connectivity index (χ0v) is 19.0. The Hall–Kier alpha value is -4.45. The molecule has 0 aliphatic carbocycles. The van der Waals surface area contributed by atoms with Gasteiger partial charge in [0.25, 0.3) is 5.69 Å². The number of carbonyl (C=O) groups excluding carboxylic acids is 1. The lowest BCUT2D eigenvalue weighted by atomic mass is 9.83. The summed E-state index contributed by atoms with van der Waals surface area (Å²) in [6.07, 6.45) is 3.81. The van der Waals surface area contributed by atoms with Gasteiger partial charge in [0.05, 0.1) is 28.1 Å². The van der Waals surface area contributed by atoms with Crippen molar-refractivity contribution in [1.82, 2.24) is 10.3 Å². The van der Waals surface area contributed by atoms with Crippen LogP contribution < -0.4 is 15.1 Å². The van der Waals surface area contributed by atoms with E-state index in [0.717, 1.165) is 22.5 Å². The molecule has 1 aromatic heterocycles. The summed E-state index contributed by atoms with van der Waals surface area (Å²) in [6.45, 7) is 2.25. The molecule has 176 valence electrons. The SMILES string of the molecule is N#Cc1ccccc1N1CCN2c3ccc([N+](=O)[O-])cc3C[C@H](C(=O)NCc3cccnc3)[C@H]2C1. The molecular weight excluding hydrogens is 444 g/mol. The normalized spacial score (nSPS) is 18.7. The highest BCUT2D eigenvalue weighted by atomic mass is 16.6. The molecule has 2 aliphatic heterocycles. The van der Waals surface area contributed by atoms with Crippen molar-refractivity contribution in [3.8, 4) is 6.07 Å². The van der Waals surface area contributed by atoms with E-state index in [2.05, 4.69) is 26.2 Å². The van der Waals surface area contributed by atoms with E-state index < -0.39 is 10.8 Å². The van der Waals surface area contributed by atoms with Crippen molar-refractivity contribution in [2.45, 2.75) is 19.0 Å². The second kappa shape index (κ2) is 9.43. The maximum Gasteiger partial charge on any atom is 0.269 e. The highest BCUT2D eigenvalue weighted by Gasteiger charge is 2.42. The zero-order valence-electron chi connectivity index (χ0n) is 19.0. The molecule has 0 spiro atoms. The number of nitro benzene ring substituents is 1. The van der Waals surface area contributed by atoms with Crippen LogP contribution in [0.15, 0.2) is 67.0 Å². The Kier molecular flexibility index (Phi) is 6.02. The molecule has 1 N–H and O–H groups in total. The molecule has 0 bridgehead atoms. The summed E-state index contributed by atoms with van der Waals surface area (Å²) in [5, 5.41) is 24.0. The maximum atomic E-state index is 13.5. The number of pyridine rings is 1. The number of piperazine rings is 1. The third-order valence-corrected chi connectivity index (χ3v) is 6.80. The van der Waals surface area contributed by atoms with Crippen LogP contribution in [0, 0.1) is 27.4 Å². The fourth-order valence-electron chi connectivity index (χ4n) is 5.11. The molecule has 0 unspecified atom stereocenters. The number of hydrogen-bond donors (Lipinski definition) is 1. The number of anilines is 2. The molecule has 3 heterocycles. The molecule has 1 fully saturated rings. The van der Waals surface area contributed by atoms with Crippen molar-refractivity contribution in [2.75, 3.05) is 29.4 Å². The molecule has 0 radical (unpaired) electrons. The molecule has 1 amide bonds. The van der Waals surface area contributed by atoms with E-state index >= 15 is 0 Å². The summed E-state index contributed by atoms with van der Waals surface area (Å²) in [5.74, 6) is -0.505. The van der Waals surface area contributed by atoms with Crippen LogP contribution in [0.25, 0.3) is 0 Å². The van der Waals surface area contributed by atoms with Crippen LogP contribution in [0.1, 0.15) is 16.7 Å². The topological polar surface area (TPSA) is 115 Å². The van der Waals surface area contributed by atoms with Crippen molar-refractivity contribution in [3.05, 3.63) is 93.8 Å². The number of fused-ring (bicyclic) bond motifs is 3. The first-order valence-corrected chi connectivity index (χ1v) is 11.5. The highest BCUT2D eigenvalue weighted by molar-refractivity contribution is 5.82. The number of non-ortho nitro benzene ring substituents is 1. The number of para-hydroxylation sites is 1. The van der Waals surface area contributed by atoms with Crippen LogP contribution in [-0.4, -0.2) is 41.5 Å². The van der Waals surface area contributed by atoms with Crippen LogP contribution in [0.5, 0.6) is 0 Å². The molecule has 2 atom stereocenters. The largest absolute Gasteiger partial charge is 0.367 e. The predicted molar refractivity (Wildman–Crippen MR) is 131 cm³/mol. The van der Waals surface area contributed by atoms with Gasteiger partial charge >= 0.3 is 0 Å². The summed E-state index contributed by atoms with van der Waals surface area (Å²) in [4.78, 5) is 32.9. The van der Waals surface area contributed by atoms with Gasteiger partial charge < -0.3 is 15.1 Å². The number of nitrogens with zero attached hydrogens (tertiary/aromatic N) is 5. The molecule has 3 aromatic rings. The van der Waals surface area contributed by atoms with E-state index in [4.69, 9.17) is 0 Å². The van der Waals surface area contributed by atoms with Gasteiger partial charge in [0, 0.05) is 56.4 Å². The van der Waals surface area contributed by atoms with Crippen molar-refractivity contribution >= 4 is 23.0 Å². The predicted octanol–water partition coefficient (Wildman–Crippen LogP) is 3.05. The Morgan fingerprint density at radius 2 is 2.03 bits per heavy atom. The summed E-state index contributed by atoms with van der Waals surface area (Å²) >= 11 is 0. The fourth-order valence-corrected chi connectivity index (χ4v) is 5.11. The molecule has 0 saturated carbocycles. The molecule has 1 saturated heterocycles. The minimum atomic E-state index is -0.404. The highest BCUT2D eigenvalue weighted by Crippen LogP contribution is 2.39. The summed E-state index contributed by atoms with van der Waals surface area (Å²) in [7, 11) is 0. The van der Waals surface area contributed by atoms with Crippen molar-refractivity contribution < 1.29 is 9.72 Å². The fraction of sp³-hybridized carbons (Fsp3) is 0.269. The minimum absolute atomic E-state index is 0.0262. The number of nitro groups is 1. The van der Waals surface area contributed by atoms with Crippen LogP contribution in [-0.2, 0) is 17.8 Å². The third-order valence-electron chi connectivity index (χ3n) is 6.80. The van der Waals surface area contributed by atoms with Gasteiger partial charge in [-0.1, -0.05) is 18.2 Å². The van der Waals surface area contributed by atoms with Crippen molar-refractivity contribution in [2.24, 2.45) is 5.92 Å². The van der Waals surface area contributed by atoms with E-state index in [9.17, 15) is 20.2 Å². The Balaban J connectivity index is 1.46. The van der Waals surface area contributed by atoms with Crippen LogP contribution >= 0.6 is 0 Å². The molecule has 9 heteroatoms. The number of benzene rings is 2. The lowest BCUT2D eigenvalue weighted by molar-refractivity contribution is -0.384. The standard InChI is InChI=1S/C26H24N6O3/c27-14-19-5-1-2-6-23(19)30-10-11-31-24-8-7-21(32(34)35)12-20(24)13-22(25(31)17-30)26(33)29-16-18-4-3-9-28-15-18/h1-9,12,15,22,25H,10-11,13,16-17H2,(H,29,33)/t22-,25+/m0/s1. The molecule has 2 aliphatic rings. The van der Waals surface area contributed by atoms with Gasteiger partial charge in [-0.25, -0.2) is 0 Å². The minimum Gasteiger partial charge on any atom is -0.367 e. The van der Waals surface area contributed by atoms with Gasteiger partial charge in [-0.05, 0) is 41.8 Å². The Morgan fingerprint density at radius 1 is 1.17 bits per heavy atom. The van der Waals surface area contributed by atoms with Gasteiger partial charge in [-0.3, -0.25) is 19.9 Å². The average molecular weight is 469 g/mol. The number of carbonyl (C=O) groups is 1. The number of nitriles is 1. The third kappa shape index (κ3) is 4.38. The van der Waals surface area contributed by atoms with E-state index in [1.54, 1.807) is 30.6 Å². The Bertz CT molecular complexity index is 1310. The van der Waals surface area contributed by atoms with E-state index in [1.165, 1.54) is 6.07 Å². The zero-order chi connectivity index (χ0) is 24.4. The smallest absolute Gasteiger partial charge is 0.269 e. The van der Waals surface area contributed by atoms with Crippen molar-refractivity contribution in [1.29, 1.82) is 5.26 Å². The first-order valence-electron chi connectivity index (χ1n) is 11.5. The summed E-state index contributed by atoms with van der Waals surface area (Å²) in [6, 6.07) is 18.3. The molecular formula is C26H24N6O3. The van der Waals surface area contributed by atoms with Crippen LogP contribution in [0.3, 0.4) is 0 Å². The van der Waals surface area contributed by atoms with Gasteiger partial charge in [0.1, 0.15) is 6.07 Å². The van der Waals surface area contributed by atoms with Crippen molar-refractivity contribution in [3.63, 3.8) is 0 Å². The lowest BCUT2D eigenvalue weighted by Gasteiger charge is -2.49. The second-order valence-electron chi connectivity index (χ2n) is 8.80. The Morgan fingerprint density at radius 3 is 2.80 bits per heavy atom. The van der Waals surface area contributed by atoms with E-state index in [-0.39, 0.29) is 17.6 Å². The van der Waals surface area contributed by atoms with Crippen LogP contribution in [0.4, 0.5) is 17.1 Å². The lowest BCUT2D eigenvalue weighted by Crippen LogP contribution is -2.61. The first-order chi connectivity index (χ1) is 17.0. The molecule has 9 nitrogen and oxygen atoms in total. The quantitative estimate of drug-likeness (QED) is 0.452. The molecule has 2 aromatic carbocycles. The average Bonchev–Trinajstić information content (AvgIpc) is 2.91. The van der Waals surface area contributed by atoms with Gasteiger partial charge in [0.15, 0.2) is 0 Å². The van der Waals surface area contributed by atoms with Gasteiger partial charge in [-0.15, -0.1) is 0 Å². The maximum absolute atomic E-state index is 13.5.